The first-order valence-electron chi connectivity index (χ1n) is 9.42. The van der Waals surface area contributed by atoms with Gasteiger partial charge < -0.3 is 11.1 Å². The van der Waals surface area contributed by atoms with E-state index in [0.717, 1.165) is 24.1 Å². The highest BCUT2D eigenvalue weighted by Crippen LogP contribution is 2.43. The van der Waals surface area contributed by atoms with Crippen LogP contribution in [0, 0.1) is 5.82 Å². The number of aromatic nitrogens is 4. The molecule has 1 unspecified atom stereocenters. The van der Waals surface area contributed by atoms with Crippen LogP contribution in [0.1, 0.15) is 42.7 Å². The van der Waals surface area contributed by atoms with Gasteiger partial charge in [-0.05, 0) is 44.0 Å². The Kier molecular flexibility index (Phi) is 5.23. The molecular weight excluding hydrogens is 391 g/mol. The zero-order valence-electron chi connectivity index (χ0n) is 15.9. The number of nitrogens with zero attached hydrogens (tertiary/aromatic N) is 4. The lowest BCUT2D eigenvalue weighted by Gasteiger charge is -2.41. The predicted molar refractivity (Wildman–Crippen MR) is 109 cm³/mol. The third-order valence-corrected chi connectivity index (χ3v) is 6.64. The molecule has 3 aromatic heterocycles. The molecule has 3 N–H and O–H groups in total. The van der Waals surface area contributed by atoms with E-state index < -0.39 is 0 Å². The zero-order chi connectivity index (χ0) is 20.4. The standard InChI is InChI=1S/C20H21FN6OS/c1-12(18(22)28)15-10-24-19(29-15)14-5-6-16(27-26-14)25-11-20(7-3-8-20)17-13(21)4-2-9-23-17/h2,4-6,9-10,12H,3,7-8,11H2,1H3,(H2,22,28)(H,25,27). The molecule has 1 fully saturated rings. The molecule has 0 aliphatic heterocycles. The van der Waals surface area contributed by atoms with Gasteiger partial charge in [-0.25, -0.2) is 9.37 Å². The summed E-state index contributed by atoms with van der Waals surface area (Å²) in [6, 6.07) is 6.71. The topological polar surface area (TPSA) is 107 Å². The van der Waals surface area contributed by atoms with Crippen LogP contribution in [0.2, 0.25) is 0 Å². The van der Waals surface area contributed by atoms with E-state index in [1.807, 2.05) is 12.1 Å². The minimum Gasteiger partial charge on any atom is -0.369 e. The third-order valence-electron chi connectivity index (χ3n) is 5.44. The number of carbonyl (C=O) groups is 1. The molecule has 1 amide bonds. The number of amides is 1. The van der Waals surface area contributed by atoms with Crippen molar-refractivity contribution in [2.24, 2.45) is 5.73 Å². The van der Waals surface area contributed by atoms with Gasteiger partial charge in [-0.3, -0.25) is 9.78 Å². The van der Waals surface area contributed by atoms with Crippen molar-refractivity contribution < 1.29 is 9.18 Å². The van der Waals surface area contributed by atoms with Crippen molar-refractivity contribution in [1.29, 1.82) is 0 Å². The largest absolute Gasteiger partial charge is 0.369 e. The van der Waals surface area contributed by atoms with Crippen LogP contribution >= 0.6 is 11.3 Å². The van der Waals surface area contributed by atoms with Crippen molar-refractivity contribution in [3.05, 3.63) is 53.0 Å². The van der Waals surface area contributed by atoms with E-state index in [2.05, 4.69) is 25.5 Å². The maximum Gasteiger partial charge on any atom is 0.225 e. The Hall–Kier alpha value is -2.94. The van der Waals surface area contributed by atoms with Crippen LogP contribution in [0.5, 0.6) is 0 Å². The molecule has 0 radical (unpaired) electrons. The number of halogens is 1. The molecule has 0 bridgehead atoms. The first kappa shape index (κ1) is 19.4. The van der Waals surface area contributed by atoms with Crippen molar-refractivity contribution in [1.82, 2.24) is 20.2 Å². The molecule has 0 spiro atoms. The highest BCUT2D eigenvalue weighted by atomic mass is 32.1. The van der Waals surface area contributed by atoms with Crippen LogP contribution in [-0.4, -0.2) is 32.6 Å². The van der Waals surface area contributed by atoms with E-state index in [1.54, 1.807) is 25.4 Å². The van der Waals surface area contributed by atoms with Crippen molar-refractivity contribution in [2.45, 2.75) is 37.5 Å². The van der Waals surface area contributed by atoms with E-state index in [-0.39, 0.29) is 23.1 Å². The number of nitrogens with two attached hydrogens (primary N) is 1. The number of hydrogen-bond acceptors (Lipinski definition) is 7. The second-order valence-corrected chi connectivity index (χ2v) is 8.38. The molecule has 4 rings (SSSR count). The number of anilines is 1. The maximum absolute atomic E-state index is 14.2. The van der Waals surface area contributed by atoms with E-state index >= 15 is 0 Å². The molecule has 3 heterocycles. The number of rotatable bonds is 7. The summed E-state index contributed by atoms with van der Waals surface area (Å²) in [4.78, 5) is 20.7. The smallest absolute Gasteiger partial charge is 0.225 e. The number of thiazole rings is 1. The third kappa shape index (κ3) is 3.82. The molecule has 150 valence electrons. The average Bonchev–Trinajstić information content (AvgIpc) is 3.18. The van der Waals surface area contributed by atoms with Crippen LogP contribution in [0.25, 0.3) is 10.7 Å². The van der Waals surface area contributed by atoms with E-state index in [0.29, 0.717) is 28.8 Å². The van der Waals surface area contributed by atoms with Gasteiger partial charge in [0.1, 0.15) is 22.3 Å². The monoisotopic (exact) mass is 412 g/mol. The lowest BCUT2D eigenvalue weighted by molar-refractivity contribution is -0.119. The number of primary amides is 1. The first-order chi connectivity index (χ1) is 14.0. The lowest BCUT2D eigenvalue weighted by atomic mass is 9.66. The summed E-state index contributed by atoms with van der Waals surface area (Å²) in [5, 5.41) is 12.4. The van der Waals surface area contributed by atoms with E-state index in [1.165, 1.54) is 17.4 Å². The molecule has 1 aliphatic carbocycles. The van der Waals surface area contributed by atoms with Gasteiger partial charge in [0, 0.05) is 29.2 Å². The Bertz CT molecular complexity index is 1020. The molecule has 29 heavy (non-hydrogen) atoms. The van der Waals surface area contributed by atoms with Crippen molar-refractivity contribution >= 4 is 23.1 Å². The Morgan fingerprint density at radius 3 is 2.76 bits per heavy atom. The van der Waals surface area contributed by atoms with E-state index in [9.17, 15) is 9.18 Å². The summed E-state index contributed by atoms with van der Waals surface area (Å²) in [7, 11) is 0. The molecule has 9 heteroatoms. The molecule has 1 aliphatic rings. The van der Waals surface area contributed by atoms with Gasteiger partial charge in [-0.15, -0.1) is 21.5 Å². The molecule has 1 atom stereocenters. The summed E-state index contributed by atoms with van der Waals surface area (Å²) < 4.78 is 14.2. The van der Waals surface area contributed by atoms with Gasteiger partial charge in [0.2, 0.25) is 5.91 Å². The van der Waals surface area contributed by atoms with Gasteiger partial charge in [0.05, 0.1) is 11.6 Å². The lowest BCUT2D eigenvalue weighted by Crippen LogP contribution is -2.42. The summed E-state index contributed by atoms with van der Waals surface area (Å²) >= 11 is 1.37. The van der Waals surface area contributed by atoms with Crippen molar-refractivity contribution in [3.8, 4) is 10.7 Å². The quantitative estimate of drug-likeness (QED) is 0.617. The van der Waals surface area contributed by atoms with Crippen LogP contribution in [0.3, 0.4) is 0 Å². The van der Waals surface area contributed by atoms with Crippen LogP contribution in [-0.2, 0) is 10.2 Å². The second-order valence-electron chi connectivity index (χ2n) is 7.32. The highest BCUT2D eigenvalue weighted by Gasteiger charge is 2.41. The first-order valence-corrected chi connectivity index (χ1v) is 10.2. The molecule has 3 aromatic rings. The molecular formula is C20H21FN6OS. The van der Waals surface area contributed by atoms with Crippen molar-refractivity contribution in [3.63, 3.8) is 0 Å². The summed E-state index contributed by atoms with van der Waals surface area (Å²) in [6.07, 6.45) is 6.11. The second kappa shape index (κ2) is 7.82. The van der Waals surface area contributed by atoms with Gasteiger partial charge in [0.25, 0.3) is 0 Å². The highest BCUT2D eigenvalue weighted by molar-refractivity contribution is 7.15. The number of nitrogens with one attached hydrogen (secondary N) is 1. The van der Waals surface area contributed by atoms with Crippen LogP contribution < -0.4 is 11.1 Å². The minimum absolute atomic E-state index is 0.264. The Morgan fingerprint density at radius 1 is 1.31 bits per heavy atom. The van der Waals surface area contributed by atoms with E-state index in [4.69, 9.17) is 5.73 Å². The van der Waals surface area contributed by atoms with Gasteiger partial charge in [-0.1, -0.05) is 6.42 Å². The van der Waals surface area contributed by atoms with Gasteiger partial charge in [-0.2, -0.15) is 0 Å². The summed E-state index contributed by atoms with van der Waals surface area (Å²) in [5.74, 6) is -0.431. The summed E-state index contributed by atoms with van der Waals surface area (Å²) in [5.41, 5.74) is 6.18. The van der Waals surface area contributed by atoms with Crippen LogP contribution in [0.4, 0.5) is 10.2 Å². The maximum atomic E-state index is 14.2. The predicted octanol–water partition coefficient (Wildman–Crippen LogP) is 3.26. The normalized spacial score (nSPS) is 16.1. The SMILES string of the molecule is CC(C(N)=O)c1cnc(-c2ccc(NCC3(c4ncccc4F)CCC3)nn2)s1. The fourth-order valence-electron chi connectivity index (χ4n) is 3.42. The number of pyridine rings is 1. The van der Waals surface area contributed by atoms with Gasteiger partial charge >= 0.3 is 0 Å². The van der Waals surface area contributed by atoms with Gasteiger partial charge in [0.15, 0.2) is 0 Å². The number of carbonyl (C=O) groups excluding carboxylic acids is 1. The fourth-order valence-corrected chi connectivity index (χ4v) is 4.36. The fraction of sp³-hybridized carbons (Fsp3) is 0.350. The molecule has 0 saturated heterocycles. The van der Waals surface area contributed by atoms with Crippen molar-refractivity contribution in [2.75, 3.05) is 11.9 Å². The molecule has 1 saturated carbocycles. The average molecular weight is 412 g/mol. The Balaban J connectivity index is 1.45. The Labute approximate surface area is 171 Å². The minimum atomic E-state index is -0.389. The molecule has 0 aromatic carbocycles. The molecule has 7 nitrogen and oxygen atoms in total. The summed E-state index contributed by atoms with van der Waals surface area (Å²) in [6.45, 7) is 2.30. The zero-order valence-corrected chi connectivity index (χ0v) is 16.7. The Morgan fingerprint density at radius 2 is 2.14 bits per heavy atom. The van der Waals surface area contributed by atoms with Crippen LogP contribution in [0.15, 0.2) is 36.7 Å². The number of hydrogen-bond donors (Lipinski definition) is 2.